The molecule has 2 aromatic heterocycles. The number of nitrogens with zero attached hydrogens (tertiary/aromatic N) is 5. The number of carbonyl (C=O) groups excluding carboxylic acids is 2. The van der Waals surface area contributed by atoms with Crippen molar-refractivity contribution in [2.45, 2.75) is 57.8 Å². The van der Waals surface area contributed by atoms with Crippen LogP contribution in [-0.4, -0.2) is 67.2 Å². The van der Waals surface area contributed by atoms with Crippen LogP contribution in [0.3, 0.4) is 0 Å². The minimum atomic E-state index is -0.295. The summed E-state index contributed by atoms with van der Waals surface area (Å²) in [6.45, 7) is 5.30. The summed E-state index contributed by atoms with van der Waals surface area (Å²) in [4.78, 5) is 35.4. The molecule has 1 unspecified atom stereocenters. The lowest BCUT2D eigenvalue weighted by Crippen LogP contribution is -2.51. The lowest BCUT2D eigenvalue weighted by molar-refractivity contribution is -0.123. The van der Waals surface area contributed by atoms with E-state index in [0.29, 0.717) is 19.5 Å². The number of aryl methyl sites for hydroxylation is 3. The molecular weight excluding hydrogens is 576 g/mol. The van der Waals surface area contributed by atoms with E-state index < -0.39 is 0 Å². The van der Waals surface area contributed by atoms with Crippen molar-refractivity contribution in [1.29, 1.82) is 0 Å². The number of likely N-dealkylation sites (tertiary alicyclic amines) is 1. The highest BCUT2D eigenvalue weighted by atomic mass is 16.2. The van der Waals surface area contributed by atoms with E-state index in [9.17, 15) is 9.59 Å². The van der Waals surface area contributed by atoms with Gasteiger partial charge < -0.3 is 20.1 Å². The number of rotatable bonds is 10. The minimum Gasteiger partial charge on any atom is -0.345 e. The first-order valence-electron chi connectivity index (χ1n) is 16.1. The van der Waals surface area contributed by atoms with Crippen molar-refractivity contribution in [2.24, 2.45) is 0 Å². The summed E-state index contributed by atoms with van der Waals surface area (Å²) >= 11 is 0. The summed E-state index contributed by atoms with van der Waals surface area (Å²) in [6.07, 6.45) is 8.83. The lowest BCUT2D eigenvalue weighted by Gasteiger charge is -2.40. The fraction of sp³-hybridized carbons (Fsp3) is 0.333. The molecular formula is C36H40N8O2. The summed E-state index contributed by atoms with van der Waals surface area (Å²) in [7, 11) is 0. The number of hydrogen-bond donors (Lipinski definition) is 3. The second-order valence-electron chi connectivity index (χ2n) is 12.5. The summed E-state index contributed by atoms with van der Waals surface area (Å²) in [5, 5.41) is 14.7. The molecule has 4 heterocycles. The van der Waals surface area contributed by atoms with Crippen LogP contribution >= 0.6 is 0 Å². The summed E-state index contributed by atoms with van der Waals surface area (Å²) in [5.41, 5.74) is 6.57. The number of imidazole rings is 1. The maximum absolute atomic E-state index is 13.6. The molecule has 3 aromatic carbocycles. The average molecular weight is 617 g/mol. The molecule has 1 fully saturated rings. The molecule has 46 heavy (non-hydrogen) atoms. The van der Waals surface area contributed by atoms with Gasteiger partial charge in [-0.1, -0.05) is 54.6 Å². The highest BCUT2D eigenvalue weighted by Gasteiger charge is 2.32. The zero-order chi connectivity index (χ0) is 31.5. The number of fused-ring (bicyclic) bond motifs is 2. The van der Waals surface area contributed by atoms with E-state index in [1.54, 1.807) is 0 Å². The first-order chi connectivity index (χ1) is 22.5. The molecule has 1 atom stereocenters. The van der Waals surface area contributed by atoms with Gasteiger partial charge in [0, 0.05) is 55.7 Å². The van der Waals surface area contributed by atoms with Crippen LogP contribution in [0.25, 0.3) is 10.9 Å². The zero-order valence-electron chi connectivity index (χ0n) is 26.2. The van der Waals surface area contributed by atoms with E-state index in [-0.39, 0.29) is 24.0 Å². The quantitative estimate of drug-likeness (QED) is 0.199. The Labute approximate surface area is 268 Å². The molecule has 2 aliphatic heterocycles. The van der Waals surface area contributed by atoms with Gasteiger partial charge in [0.2, 0.25) is 5.91 Å². The van der Waals surface area contributed by atoms with Crippen LogP contribution in [0.15, 0.2) is 85.3 Å². The Kier molecular flexibility index (Phi) is 8.52. The Hall–Kier alpha value is -4.96. The Morgan fingerprint density at radius 2 is 1.85 bits per heavy atom. The Morgan fingerprint density at radius 1 is 1.04 bits per heavy atom. The number of anilines is 1. The van der Waals surface area contributed by atoms with Gasteiger partial charge in [0.15, 0.2) is 0 Å². The molecule has 10 heteroatoms. The monoisotopic (exact) mass is 616 g/mol. The van der Waals surface area contributed by atoms with Crippen LogP contribution in [-0.2, 0) is 30.7 Å². The highest BCUT2D eigenvalue weighted by molar-refractivity contribution is 5.92. The topological polar surface area (TPSA) is 111 Å². The van der Waals surface area contributed by atoms with Gasteiger partial charge in [-0.2, -0.15) is 5.10 Å². The normalized spacial score (nSPS) is 16.3. The molecule has 0 spiro atoms. The predicted molar refractivity (Wildman–Crippen MR) is 178 cm³/mol. The SMILES string of the molecule is Cc1cc(CC(NC(=O)CN2CCC(N3Cc4ccccc4NC3=O)CC2)c2nccn2CCc2ccccc2)cc2cn[nH]c12. The van der Waals surface area contributed by atoms with Crippen molar-refractivity contribution in [2.75, 3.05) is 25.0 Å². The molecule has 3 N–H and O–H groups in total. The first kappa shape index (κ1) is 29.7. The largest absolute Gasteiger partial charge is 0.345 e. The average Bonchev–Trinajstić information content (AvgIpc) is 3.74. The molecule has 1 saturated heterocycles. The molecule has 5 aromatic rings. The van der Waals surface area contributed by atoms with Crippen molar-refractivity contribution in [3.05, 3.63) is 113 Å². The third kappa shape index (κ3) is 6.53. The van der Waals surface area contributed by atoms with Crippen LogP contribution in [0.5, 0.6) is 0 Å². The van der Waals surface area contributed by atoms with Gasteiger partial charge in [-0.25, -0.2) is 9.78 Å². The molecule has 7 rings (SSSR count). The van der Waals surface area contributed by atoms with Crippen molar-refractivity contribution in [1.82, 2.24) is 34.9 Å². The van der Waals surface area contributed by atoms with E-state index in [0.717, 1.165) is 78.0 Å². The number of urea groups is 1. The maximum Gasteiger partial charge on any atom is 0.322 e. The van der Waals surface area contributed by atoms with Gasteiger partial charge in [-0.3, -0.25) is 14.8 Å². The number of nitrogens with one attached hydrogen (secondary N) is 3. The van der Waals surface area contributed by atoms with Crippen molar-refractivity contribution in [3.8, 4) is 0 Å². The number of hydrogen-bond acceptors (Lipinski definition) is 5. The lowest BCUT2D eigenvalue weighted by atomic mass is 10.00. The number of para-hydroxylation sites is 1. The Balaban J connectivity index is 1.02. The molecule has 0 radical (unpaired) electrons. The van der Waals surface area contributed by atoms with E-state index in [4.69, 9.17) is 4.98 Å². The molecule has 0 aliphatic carbocycles. The van der Waals surface area contributed by atoms with Gasteiger partial charge in [0.05, 0.1) is 24.3 Å². The van der Waals surface area contributed by atoms with E-state index in [1.807, 2.05) is 47.8 Å². The number of benzene rings is 3. The van der Waals surface area contributed by atoms with E-state index in [2.05, 4.69) is 79.7 Å². The summed E-state index contributed by atoms with van der Waals surface area (Å²) in [5.74, 6) is 0.830. The highest BCUT2D eigenvalue weighted by Crippen LogP contribution is 2.28. The number of amides is 3. The second kappa shape index (κ2) is 13.2. The fourth-order valence-electron chi connectivity index (χ4n) is 6.94. The summed E-state index contributed by atoms with van der Waals surface area (Å²) in [6, 6.07) is 22.5. The first-order valence-corrected chi connectivity index (χ1v) is 16.1. The van der Waals surface area contributed by atoms with Crippen molar-refractivity contribution >= 4 is 28.5 Å². The number of aromatic nitrogens is 4. The Bertz CT molecular complexity index is 1820. The third-order valence-corrected chi connectivity index (χ3v) is 9.35. The fourth-order valence-corrected chi connectivity index (χ4v) is 6.94. The molecule has 0 saturated carbocycles. The predicted octanol–water partition coefficient (Wildman–Crippen LogP) is 5.22. The van der Waals surface area contributed by atoms with Crippen LogP contribution < -0.4 is 10.6 Å². The van der Waals surface area contributed by atoms with Crippen molar-refractivity contribution in [3.63, 3.8) is 0 Å². The smallest absolute Gasteiger partial charge is 0.322 e. The molecule has 10 nitrogen and oxygen atoms in total. The number of piperidine rings is 1. The van der Waals surface area contributed by atoms with Gasteiger partial charge in [0.1, 0.15) is 5.82 Å². The van der Waals surface area contributed by atoms with E-state index in [1.165, 1.54) is 5.56 Å². The van der Waals surface area contributed by atoms with Crippen LogP contribution in [0, 0.1) is 6.92 Å². The molecule has 3 amide bonds. The molecule has 0 bridgehead atoms. The van der Waals surface area contributed by atoms with Gasteiger partial charge >= 0.3 is 6.03 Å². The van der Waals surface area contributed by atoms with Gasteiger partial charge in [-0.15, -0.1) is 0 Å². The maximum atomic E-state index is 13.6. The number of carbonyl (C=O) groups is 2. The summed E-state index contributed by atoms with van der Waals surface area (Å²) < 4.78 is 2.16. The van der Waals surface area contributed by atoms with E-state index >= 15 is 0 Å². The minimum absolute atomic E-state index is 0.0215. The van der Waals surface area contributed by atoms with Gasteiger partial charge in [-0.05, 0) is 67.0 Å². The standard InChI is InChI=1S/C36H40N8O2/c1-25-19-27(20-29-22-38-41-34(25)29)21-32(35-37-14-18-43(35)17-11-26-7-3-2-4-8-26)39-33(45)24-42-15-12-30(13-16-42)44-23-28-9-5-6-10-31(28)40-36(44)46/h2-10,14,18-20,22,30,32H,11-13,15-17,21,23-24H2,1H3,(H,38,41)(H,39,45)(H,40,46). The zero-order valence-corrected chi connectivity index (χ0v) is 26.2. The number of aromatic amines is 1. The second-order valence-corrected chi connectivity index (χ2v) is 12.5. The van der Waals surface area contributed by atoms with Crippen LogP contribution in [0.2, 0.25) is 0 Å². The van der Waals surface area contributed by atoms with Crippen molar-refractivity contribution < 1.29 is 9.59 Å². The third-order valence-electron chi connectivity index (χ3n) is 9.35. The Morgan fingerprint density at radius 3 is 2.70 bits per heavy atom. The van der Waals surface area contributed by atoms with Crippen LogP contribution in [0.1, 0.15) is 47.0 Å². The molecule has 2 aliphatic rings. The van der Waals surface area contributed by atoms with Crippen LogP contribution in [0.4, 0.5) is 10.5 Å². The molecule has 236 valence electrons. The van der Waals surface area contributed by atoms with Gasteiger partial charge in [0.25, 0.3) is 0 Å². The number of H-pyrrole nitrogens is 1.